The Kier molecular flexibility index (Phi) is 7.74. The lowest BCUT2D eigenvalue weighted by molar-refractivity contribution is -0.226. The van der Waals surface area contributed by atoms with Gasteiger partial charge in [0.25, 0.3) is 0 Å². The summed E-state index contributed by atoms with van der Waals surface area (Å²) in [6.45, 7) is 9.86. The highest BCUT2D eigenvalue weighted by Gasteiger charge is 2.70. The van der Waals surface area contributed by atoms with Crippen LogP contribution < -0.4 is 0 Å². The number of hydrogen-bond acceptors (Lipinski definition) is 6. The number of halogens is 1. The second-order valence-corrected chi connectivity index (χ2v) is 14.2. The molecule has 1 spiro atoms. The number of nitrogens with zero attached hydrogens (tertiary/aromatic N) is 1. The largest absolute Gasteiger partial charge is 0.459 e. The van der Waals surface area contributed by atoms with E-state index in [1.165, 1.54) is 6.92 Å². The summed E-state index contributed by atoms with van der Waals surface area (Å²) in [6.07, 6.45) is 9.23. The summed E-state index contributed by atoms with van der Waals surface area (Å²) in [4.78, 5) is 25.2. The first-order valence-electron chi connectivity index (χ1n) is 13.2. The van der Waals surface area contributed by atoms with E-state index in [-0.39, 0.29) is 47.1 Å². The van der Waals surface area contributed by atoms with Gasteiger partial charge in [-0.05, 0) is 82.0 Å². The van der Waals surface area contributed by atoms with E-state index in [1.54, 1.807) is 13.8 Å². The van der Waals surface area contributed by atoms with Gasteiger partial charge in [-0.2, -0.15) is 4.76 Å². The fraction of sp³-hybridized carbons (Fsp3) is 0.885. The molecule has 0 aromatic carbocycles. The summed E-state index contributed by atoms with van der Waals surface area (Å²) in [5, 5.41) is 0. The van der Waals surface area contributed by atoms with Gasteiger partial charge in [0.2, 0.25) is 0 Å². The molecule has 0 N–H and O–H groups in total. The molecule has 7 atom stereocenters. The average Bonchev–Trinajstić information content (AvgIpc) is 2.76. The van der Waals surface area contributed by atoms with Gasteiger partial charge in [-0.1, -0.05) is 35.9 Å². The molecular weight excluding hydrogens is 580 g/mol. The van der Waals surface area contributed by atoms with Gasteiger partial charge in [0, 0.05) is 29.4 Å². The highest BCUT2D eigenvalue weighted by molar-refractivity contribution is 14.1. The van der Waals surface area contributed by atoms with Crippen molar-refractivity contribution in [1.82, 2.24) is 0 Å². The van der Waals surface area contributed by atoms with E-state index < -0.39 is 13.3 Å². The molecule has 5 rings (SSSR count). The Morgan fingerprint density at radius 2 is 1.86 bits per heavy atom. The number of esters is 1. The molecule has 5 saturated carbocycles. The van der Waals surface area contributed by atoms with Gasteiger partial charge in [0.1, 0.15) is 11.4 Å². The van der Waals surface area contributed by atoms with Crippen molar-refractivity contribution >= 4 is 48.3 Å². The summed E-state index contributed by atoms with van der Waals surface area (Å²) in [5.41, 5.74) is -0.943. The zero-order valence-electron chi connectivity index (χ0n) is 21.8. The average molecular weight is 621 g/mol. The Labute approximate surface area is 223 Å². The fourth-order valence-corrected chi connectivity index (χ4v) is 11.5. The van der Waals surface area contributed by atoms with E-state index in [0.29, 0.717) is 18.3 Å². The highest BCUT2D eigenvalue weighted by atomic mass is 127. The third-order valence-electron chi connectivity index (χ3n) is 9.74. The first kappa shape index (κ1) is 27.7. The monoisotopic (exact) mass is 621 g/mol. The number of alkyl halides is 1. The molecule has 5 aliphatic carbocycles. The van der Waals surface area contributed by atoms with Crippen molar-refractivity contribution in [1.29, 1.82) is 0 Å². The van der Waals surface area contributed by atoms with Gasteiger partial charge in [-0.15, -0.1) is 0 Å². The summed E-state index contributed by atoms with van der Waals surface area (Å²) in [7, 11) is -3.51. The first-order valence-corrected chi connectivity index (χ1v) is 16.2. The quantitative estimate of drug-likeness (QED) is 0.100. The van der Waals surface area contributed by atoms with Gasteiger partial charge in [-0.3, -0.25) is 18.6 Å². The van der Waals surface area contributed by atoms with Crippen LogP contribution in [0.4, 0.5) is 0 Å². The molecule has 0 aromatic heterocycles. The molecule has 0 aliphatic heterocycles. The number of carbonyl (C=O) groups excluding carboxylic acids is 2. The first-order chi connectivity index (χ1) is 16.4. The minimum absolute atomic E-state index is 0.0789. The number of carbonyl (C=O) groups is 2. The van der Waals surface area contributed by atoms with Crippen molar-refractivity contribution in [2.45, 2.75) is 91.6 Å². The van der Waals surface area contributed by atoms with Crippen LogP contribution in [0.1, 0.15) is 86.0 Å². The van der Waals surface area contributed by atoms with Crippen LogP contribution in [-0.2, 0) is 27.9 Å². The molecule has 2 bridgehead atoms. The molecule has 0 amide bonds. The molecule has 5 unspecified atom stereocenters. The summed E-state index contributed by atoms with van der Waals surface area (Å²) in [6, 6.07) is 0. The predicted octanol–water partition coefficient (Wildman–Crippen LogP) is 6.57. The zero-order chi connectivity index (χ0) is 25.7. The topological polar surface area (TPSA) is 91.3 Å². The number of rotatable bonds is 8. The van der Waals surface area contributed by atoms with E-state index in [2.05, 4.69) is 34.3 Å². The van der Waals surface area contributed by atoms with Crippen molar-refractivity contribution < 1.29 is 27.9 Å². The van der Waals surface area contributed by atoms with Crippen LogP contribution in [0.5, 0.6) is 0 Å². The standard InChI is InChI=1S/C26H41INO6P/c1-6-32-35(31,33-7-2)28-17-23(4)10-8-11-26(16-27)21(23)9-12-25-14-20(30)19(13-22(25)26)24(5,15-25)34-18(3)29/h17,19,21-22H,6-16H2,1-5H3/b28-17+/t19?,21-,22?,23?,24?,25+,26?/m1/s1. The smallest absolute Gasteiger partial charge is 0.453 e. The lowest BCUT2D eigenvalue weighted by Crippen LogP contribution is -2.68. The zero-order valence-corrected chi connectivity index (χ0v) is 24.9. The second-order valence-electron chi connectivity index (χ2n) is 11.8. The van der Waals surface area contributed by atoms with Crippen LogP contribution >= 0.6 is 30.3 Å². The Bertz CT molecular complexity index is 933. The number of ketones is 1. The summed E-state index contributed by atoms with van der Waals surface area (Å²) < 4.78 is 35.3. The maximum absolute atomic E-state index is 13.2. The van der Waals surface area contributed by atoms with Gasteiger partial charge < -0.3 is 4.74 Å². The van der Waals surface area contributed by atoms with E-state index in [1.807, 2.05) is 13.1 Å². The molecular formula is C26H41INO6P. The Hall–Kier alpha value is -0.310. The van der Waals surface area contributed by atoms with E-state index >= 15 is 0 Å². The van der Waals surface area contributed by atoms with E-state index in [9.17, 15) is 14.2 Å². The van der Waals surface area contributed by atoms with Crippen molar-refractivity contribution in [3.8, 4) is 0 Å². The Morgan fingerprint density at radius 1 is 1.17 bits per heavy atom. The summed E-state index contributed by atoms with van der Waals surface area (Å²) >= 11 is 2.56. The molecule has 5 fully saturated rings. The van der Waals surface area contributed by atoms with Crippen molar-refractivity contribution in [3.05, 3.63) is 0 Å². The lowest BCUT2D eigenvalue weighted by atomic mass is 9.35. The van der Waals surface area contributed by atoms with Gasteiger partial charge >= 0.3 is 13.7 Å². The van der Waals surface area contributed by atoms with Crippen molar-refractivity contribution in [2.24, 2.45) is 38.8 Å². The van der Waals surface area contributed by atoms with Crippen molar-refractivity contribution in [2.75, 3.05) is 17.6 Å². The molecule has 35 heavy (non-hydrogen) atoms. The molecule has 0 saturated heterocycles. The molecule has 198 valence electrons. The number of ether oxygens (including phenoxy) is 1. The molecule has 0 radical (unpaired) electrons. The van der Waals surface area contributed by atoms with E-state index in [4.69, 9.17) is 13.8 Å². The van der Waals surface area contributed by atoms with Crippen molar-refractivity contribution in [3.63, 3.8) is 0 Å². The Balaban J connectivity index is 1.69. The number of fused-ring (bicyclic) bond motifs is 3. The third-order valence-corrected chi connectivity index (χ3v) is 12.7. The predicted molar refractivity (Wildman–Crippen MR) is 144 cm³/mol. The summed E-state index contributed by atoms with van der Waals surface area (Å²) in [5.74, 6) is 0.539. The number of Topliss-reactive ketones (excluding diaryl/α,β-unsaturated/α-hetero) is 1. The highest BCUT2D eigenvalue weighted by Crippen LogP contribution is 2.73. The van der Waals surface area contributed by atoms with E-state index in [0.717, 1.165) is 49.4 Å². The minimum Gasteiger partial charge on any atom is -0.459 e. The van der Waals surface area contributed by atoms with Gasteiger partial charge in [-0.25, -0.2) is 4.57 Å². The lowest BCUT2D eigenvalue weighted by Gasteiger charge is -2.69. The molecule has 7 nitrogen and oxygen atoms in total. The van der Waals surface area contributed by atoms with Crippen LogP contribution in [0.15, 0.2) is 4.76 Å². The maximum atomic E-state index is 13.2. The maximum Gasteiger partial charge on any atom is 0.453 e. The van der Waals surface area contributed by atoms with Crippen LogP contribution in [0, 0.1) is 34.0 Å². The minimum atomic E-state index is -3.51. The molecule has 0 heterocycles. The second kappa shape index (κ2) is 9.77. The Morgan fingerprint density at radius 3 is 2.46 bits per heavy atom. The number of hydrogen-bond donors (Lipinski definition) is 0. The third kappa shape index (κ3) is 4.61. The SMILES string of the molecule is CCOP(=O)(/N=C/C1(C)CCCC2(CI)C3CC4C(=O)C[C@@]3(CC[C@H]12)CC4(C)OC(C)=O)OCC. The molecule has 0 aromatic rings. The molecule has 5 aliphatic rings. The molecule has 9 heteroatoms. The van der Waals surface area contributed by atoms with Gasteiger partial charge in [0.05, 0.1) is 19.1 Å². The van der Waals surface area contributed by atoms with Crippen LogP contribution in [0.2, 0.25) is 0 Å². The van der Waals surface area contributed by atoms with Crippen LogP contribution in [0.3, 0.4) is 0 Å². The fourth-order valence-electron chi connectivity index (χ4n) is 8.75. The van der Waals surface area contributed by atoms with Crippen LogP contribution in [-0.4, -0.2) is 41.2 Å². The normalized spacial score (nSPS) is 43.1. The van der Waals surface area contributed by atoms with Gasteiger partial charge in [0.15, 0.2) is 0 Å². The van der Waals surface area contributed by atoms with Crippen LogP contribution in [0.25, 0.3) is 0 Å².